The molecule has 2 heterocycles. The van der Waals surface area contributed by atoms with Crippen LogP contribution in [0.5, 0.6) is 0 Å². The highest BCUT2D eigenvalue weighted by Crippen LogP contribution is 2.31. The van der Waals surface area contributed by atoms with Crippen molar-refractivity contribution in [1.82, 2.24) is 4.90 Å². The number of hydrogen-bond acceptors (Lipinski definition) is 3. The standard InChI is InChI=1S/C13H26N2O/c1-12(2)3-7-15(8-4-12)11-13(14)5-9-16-10-6-13/h3-11,14H2,1-2H3. The van der Waals surface area contributed by atoms with Crippen LogP contribution in [0.4, 0.5) is 0 Å². The lowest BCUT2D eigenvalue weighted by Crippen LogP contribution is -2.55. The van der Waals surface area contributed by atoms with E-state index in [4.69, 9.17) is 10.5 Å². The quantitative estimate of drug-likeness (QED) is 0.777. The molecule has 2 N–H and O–H groups in total. The van der Waals surface area contributed by atoms with E-state index in [0.29, 0.717) is 5.41 Å². The summed E-state index contributed by atoms with van der Waals surface area (Å²) in [7, 11) is 0. The Bertz CT molecular complexity index is 224. The average molecular weight is 226 g/mol. The summed E-state index contributed by atoms with van der Waals surface area (Å²) in [5, 5.41) is 0. The predicted octanol–water partition coefficient (Wildman–Crippen LogP) is 1.62. The molecule has 0 aromatic heterocycles. The minimum absolute atomic E-state index is 0.0136. The van der Waals surface area contributed by atoms with E-state index in [0.717, 1.165) is 32.6 Å². The van der Waals surface area contributed by atoms with E-state index in [9.17, 15) is 0 Å². The highest BCUT2D eigenvalue weighted by Gasteiger charge is 2.33. The molecule has 3 nitrogen and oxygen atoms in total. The number of nitrogens with zero attached hydrogens (tertiary/aromatic N) is 1. The van der Waals surface area contributed by atoms with Gasteiger partial charge in [-0.05, 0) is 44.2 Å². The van der Waals surface area contributed by atoms with E-state index in [1.54, 1.807) is 0 Å². The van der Waals surface area contributed by atoms with Crippen molar-refractivity contribution in [2.75, 3.05) is 32.8 Å². The van der Waals surface area contributed by atoms with Crippen LogP contribution >= 0.6 is 0 Å². The Hall–Kier alpha value is -0.120. The van der Waals surface area contributed by atoms with Gasteiger partial charge in [-0.2, -0.15) is 0 Å². The van der Waals surface area contributed by atoms with Gasteiger partial charge in [-0.15, -0.1) is 0 Å². The van der Waals surface area contributed by atoms with Crippen LogP contribution in [0, 0.1) is 5.41 Å². The Morgan fingerprint density at radius 1 is 1.06 bits per heavy atom. The summed E-state index contributed by atoms with van der Waals surface area (Å²) >= 11 is 0. The van der Waals surface area contributed by atoms with Gasteiger partial charge in [-0.1, -0.05) is 13.8 Å². The predicted molar refractivity (Wildman–Crippen MR) is 66.4 cm³/mol. The maximum atomic E-state index is 6.44. The normalized spacial score (nSPS) is 30.2. The van der Waals surface area contributed by atoms with Gasteiger partial charge in [0.25, 0.3) is 0 Å². The summed E-state index contributed by atoms with van der Waals surface area (Å²) in [5.41, 5.74) is 6.99. The molecule has 0 unspecified atom stereocenters. The van der Waals surface area contributed by atoms with Gasteiger partial charge < -0.3 is 15.4 Å². The van der Waals surface area contributed by atoms with Gasteiger partial charge in [0.1, 0.15) is 0 Å². The van der Waals surface area contributed by atoms with Crippen molar-refractivity contribution >= 4 is 0 Å². The van der Waals surface area contributed by atoms with Crippen LogP contribution < -0.4 is 5.73 Å². The second kappa shape index (κ2) is 4.63. The molecule has 0 spiro atoms. The lowest BCUT2D eigenvalue weighted by atomic mass is 9.81. The fourth-order valence-corrected chi connectivity index (χ4v) is 2.70. The third-order valence-electron chi connectivity index (χ3n) is 4.24. The SMILES string of the molecule is CC1(C)CCN(CC2(N)CCOCC2)CC1. The Morgan fingerprint density at radius 3 is 2.19 bits per heavy atom. The first-order chi connectivity index (χ1) is 7.49. The van der Waals surface area contributed by atoms with E-state index in [1.807, 2.05) is 0 Å². The fourth-order valence-electron chi connectivity index (χ4n) is 2.70. The number of rotatable bonds is 2. The van der Waals surface area contributed by atoms with Crippen LogP contribution in [-0.2, 0) is 4.74 Å². The molecule has 0 amide bonds. The third kappa shape index (κ3) is 3.19. The lowest BCUT2D eigenvalue weighted by Gasteiger charge is -2.42. The molecule has 0 atom stereocenters. The Kier molecular flexibility index (Phi) is 3.57. The van der Waals surface area contributed by atoms with Crippen LogP contribution in [0.3, 0.4) is 0 Å². The minimum Gasteiger partial charge on any atom is -0.381 e. The molecule has 2 aliphatic rings. The largest absolute Gasteiger partial charge is 0.381 e. The zero-order chi connectivity index (χ0) is 11.6. The van der Waals surface area contributed by atoms with Gasteiger partial charge in [-0.25, -0.2) is 0 Å². The number of piperidine rings is 1. The Labute approximate surface area is 99.3 Å². The van der Waals surface area contributed by atoms with E-state index >= 15 is 0 Å². The Morgan fingerprint density at radius 2 is 1.62 bits per heavy atom. The summed E-state index contributed by atoms with van der Waals surface area (Å²) in [5.74, 6) is 0. The molecule has 2 fully saturated rings. The molecule has 2 rings (SSSR count). The average Bonchev–Trinajstić information content (AvgIpc) is 2.22. The molecular weight excluding hydrogens is 200 g/mol. The van der Waals surface area contributed by atoms with Crippen molar-refractivity contribution in [3.8, 4) is 0 Å². The van der Waals surface area contributed by atoms with Crippen molar-refractivity contribution in [2.24, 2.45) is 11.1 Å². The maximum absolute atomic E-state index is 6.44. The zero-order valence-corrected chi connectivity index (χ0v) is 10.8. The number of ether oxygens (including phenoxy) is 1. The second-order valence-electron chi connectivity index (χ2n) is 6.42. The monoisotopic (exact) mass is 226 g/mol. The van der Waals surface area contributed by atoms with Gasteiger partial charge in [0.2, 0.25) is 0 Å². The summed E-state index contributed by atoms with van der Waals surface area (Å²) in [4.78, 5) is 2.55. The van der Waals surface area contributed by atoms with Crippen molar-refractivity contribution in [3.63, 3.8) is 0 Å². The number of nitrogens with two attached hydrogens (primary N) is 1. The van der Waals surface area contributed by atoms with Crippen LogP contribution in [0.2, 0.25) is 0 Å². The fraction of sp³-hybridized carbons (Fsp3) is 1.00. The first-order valence-electron chi connectivity index (χ1n) is 6.58. The van der Waals surface area contributed by atoms with Crippen LogP contribution in [0.1, 0.15) is 39.5 Å². The van der Waals surface area contributed by atoms with E-state index in [1.165, 1.54) is 25.9 Å². The first kappa shape index (κ1) is 12.3. The van der Waals surface area contributed by atoms with Crippen molar-refractivity contribution in [3.05, 3.63) is 0 Å². The molecule has 0 bridgehead atoms. The van der Waals surface area contributed by atoms with Crippen LogP contribution in [0.15, 0.2) is 0 Å². The topological polar surface area (TPSA) is 38.5 Å². The molecule has 0 aromatic rings. The second-order valence-corrected chi connectivity index (χ2v) is 6.42. The highest BCUT2D eigenvalue weighted by atomic mass is 16.5. The Balaban J connectivity index is 1.81. The van der Waals surface area contributed by atoms with Crippen LogP contribution in [-0.4, -0.2) is 43.3 Å². The lowest BCUT2D eigenvalue weighted by molar-refractivity contribution is 0.0269. The highest BCUT2D eigenvalue weighted by molar-refractivity contribution is 4.91. The number of hydrogen-bond donors (Lipinski definition) is 1. The summed E-state index contributed by atoms with van der Waals surface area (Å²) < 4.78 is 5.39. The van der Waals surface area contributed by atoms with Crippen molar-refractivity contribution < 1.29 is 4.74 Å². The minimum atomic E-state index is 0.0136. The molecule has 0 saturated carbocycles. The first-order valence-corrected chi connectivity index (χ1v) is 6.58. The smallest absolute Gasteiger partial charge is 0.0484 e. The molecule has 2 aliphatic heterocycles. The number of likely N-dealkylation sites (tertiary alicyclic amines) is 1. The molecule has 94 valence electrons. The summed E-state index contributed by atoms with van der Waals surface area (Å²) in [6.07, 6.45) is 4.65. The zero-order valence-electron chi connectivity index (χ0n) is 10.8. The molecular formula is C13H26N2O. The van der Waals surface area contributed by atoms with Gasteiger partial charge in [0, 0.05) is 25.3 Å². The van der Waals surface area contributed by atoms with Crippen LogP contribution in [0.25, 0.3) is 0 Å². The summed E-state index contributed by atoms with van der Waals surface area (Å²) in [6.45, 7) is 9.92. The molecule has 0 radical (unpaired) electrons. The third-order valence-corrected chi connectivity index (χ3v) is 4.24. The molecule has 0 aromatic carbocycles. The van der Waals surface area contributed by atoms with Gasteiger partial charge in [-0.3, -0.25) is 0 Å². The van der Waals surface area contributed by atoms with Gasteiger partial charge in [0.05, 0.1) is 0 Å². The maximum Gasteiger partial charge on any atom is 0.0484 e. The summed E-state index contributed by atoms with van der Waals surface area (Å²) in [6, 6.07) is 0. The van der Waals surface area contributed by atoms with Gasteiger partial charge >= 0.3 is 0 Å². The molecule has 0 aliphatic carbocycles. The molecule has 16 heavy (non-hydrogen) atoms. The molecule has 3 heteroatoms. The van der Waals surface area contributed by atoms with Crippen molar-refractivity contribution in [1.29, 1.82) is 0 Å². The van der Waals surface area contributed by atoms with E-state index < -0.39 is 0 Å². The van der Waals surface area contributed by atoms with Crippen molar-refractivity contribution in [2.45, 2.75) is 45.1 Å². The van der Waals surface area contributed by atoms with Gasteiger partial charge in [0.15, 0.2) is 0 Å². The van der Waals surface area contributed by atoms with E-state index in [2.05, 4.69) is 18.7 Å². The molecule has 2 saturated heterocycles. The van der Waals surface area contributed by atoms with E-state index in [-0.39, 0.29) is 5.54 Å².